The Morgan fingerprint density at radius 1 is 1.43 bits per heavy atom. The molecule has 0 saturated carbocycles. The van der Waals surface area contributed by atoms with Crippen LogP contribution in [0.4, 0.5) is 5.69 Å². The van der Waals surface area contributed by atoms with Gasteiger partial charge in [-0.25, -0.2) is 0 Å². The second-order valence-electron chi connectivity index (χ2n) is 4.92. The maximum Gasteiger partial charge on any atom is 0.249 e. The molecular weight excluding hydrogens is 292 g/mol. The van der Waals surface area contributed by atoms with Gasteiger partial charge in [-0.1, -0.05) is 18.5 Å². The summed E-state index contributed by atoms with van der Waals surface area (Å²) in [6.45, 7) is 4.49. The van der Waals surface area contributed by atoms with Crippen molar-refractivity contribution in [2.75, 3.05) is 25.1 Å². The molecule has 1 fully saturated rings. The molecule has 5 nitrogen and oxygen atoms in total. The van der Waals surface area contributed by atoms with E-state index < -0.39 is 6.04 Å². The molecule has 114 valence electrons. The number of nitrogens with zero attached hydrogens (tertiary/aromatic N) is 2. The molecule has 1 saturated heterocycles. The van der Waals surface area contributed by atoms with E-state index in [0.717, 1.165) is 0 Å². The lowest BCUT2D eigenvalue weighted by molar-refractivity contribution is -0.140. The fourth-order valence-corrected chi connectivity index (χ4v) is 2.69. The minimum Gasteiger partial charge on any atom is -0.495 e. The van der Waals surface area contributed by atoms with Gasteiger partial charge in [-0.3, -0.25) is 9.59 Å². The summed E-state index contributed by atoms with van der Waals surface area (Å²) in [6, 6.07) is 4.69. The van der Waals surface area contributed by atoms with E-state index in [4.69, 9.17) is 16.3 Å². The van der Waals surface area contributed by atoms with E-state index in [-0.39, 0.29) is 11.8 Å². The van der Waals surface area contributed by atoms with Crippen molar-refractivity contribution in [1.82, 2.24) is 4.90 Å². The molecule has 6 heteroatoms. The summed E-state index contributed by atoms with van der Waals surface area (Å²) in [4.78, 5) is 27.7. The van der Waals surface area contributed by atoms with Crippen LogP contribution in [0.25, 0.3) is 0 Å². The van der Waals surface area contributed by atoms with Crippen LogP contribution in [0.1, 0.15) is 20.3 Å². The number of hydrogen-bond acceptors (Lipinski definition) is 3. The Kier molecular flexibility index (Phi) is 4.73. The van der Waals surface area contributed by atoms with E-state index in [1.807, 2.05) is 0 Å². The highest BCUT2D eigenvalue weighted by Crippen LogP contribution is 2.33. The van der Waals surface area contributed by atoms with Gasteiger partial charge < -0.3 is 14.5 Å². The molecule has 0 aliphatic carbocycles. The van der Waals surface area contributed by atoms with E-state index in [0.29, 0.717) is 36.0 Å². The summed E-state index contributed by atoms with van der Waals surface area (Å²) in [5.74, 6) is 0.465. The van der Waals surface area contributed by atoms with Crippen molar-refractivity contribution in [3.05, 3.63) is 23.2 Å². The van der Waals surface area contributed by atoms with Gasteiger partial charge in [0.15, 0.2) is 0 Å². The average molecular weight is 311 g/mol. The first-order valence-electron chi connectivity index (χ1n) is 6.94. The number of hydrogen-bond donors (Lipinski definition) is 0. The third-order valence-corrected chi connectivity index (χ3v) is 3.95. The molecule has 1 atom stereocenters. The minimum absolute atomic E-state index is 0.00596. The monoisotopic (exact) mass is 310 g/mol. The standard InChI is InChI=1S/C15H19ClN2O3/c1-4-14(19)17-7-8-18(15(20)10(17)2)12-9-11(16)5-6-13(12)21-3/h5-6,9-10H,4,7-8H2,1-3H3. The molecule has 1 aliphatic heterocycles. The number of carbonyl (C=O) groups excluding carboxylic acids is 2. The van der Waals surface area contributed by atoms with Crippen LogP contribution in [0.15, 0.2) is 18.2 Å². The molecule has 1 heterocycles. The van der Waals surface area contributed by atoms with E-state index in [9.17, 15) is 9.59 Å². The maximum absolute atomic E-state index is 12.6. The maximum atomic E-state index is 12.6. The number of amides is 2. The second kappa shape index (κ2) is 6.35. The summed E-state index contributed by atoms with van der Waals surface area (Å²) in [5.41, 5.74) is 0.644. The van der Waals surface area contributed by atoms with Crippen molar-refractivity contribution in [2.45, 2.75) is 26.3 Å². The number of anilines is 1. The third-order valence-electron chi connectivity index (χ3n) is 3.71. The molecule has 1 unspecified atom stereocenters. The van der Waals surface area contributed by atoms with E-state index in [1.165, 1.54) is 0 Å². The highest BCUT2D eigenvalue weighted by Gasteiger charge is 2.35. The van der Waals surface area contributed by atoms with Crippen LogP contribution in [0.2, 0.25) is 5.02 Å². The molecule has 1 aromatic rings. The lowest BCUT2D eigenvalue weighted by atomic mass is 10.1. The summed E-state index contributed by atoms with van der Waals surface area (Å²) in [7, 11) is 1.55. The van der Waals surface area contributed by atoms with Gasteiger partial charge in [0.1, 0.15) is 11.8 Å². The van der Waals surface area contributed by atoms with Crippen molar-refractivity contribution < 1.29 is 14.3 Å². The fraction of sp³-hybridized carbons (Fsp3) is 0.467. The van der Waals surface area contributed by atoms with Crippen LogP contribution in [-0.2, 0) is 9.59 Å². The molecule has 1 aliphatic rings. The minimum atomic E-state index is -0.477. The van der Waals surface area contributed by atoms with Gasteiger partial charge in [-0.05, 0) is 25.1 Å². The van der Waals surface area contributed by atoms with Crippen molar-refractivity contribution in [3.63, 3.8) is 0 Å². The van der Waals surface area contributed by atoms with Crippen LogP contribution >= 0.6 is 11.6 Å². The van der Waals surface area contributed by atoms with Crippen molar-refractivity contribution in [1.29, 1.82) is 0 Å². The number of carbonyl (C=O) groups is 2. The summed E-state index contributed by atoms with van der Waals surface area (Å²) in [5, 5.41) is 0.540. The molecule has 2 amide bonds. The Balaban J connectivity index is 2.30. The molecule has 0 radical (unpaired) electrons. The Morgan fingerprint density at radius 2 is 2.14 bits per heavy atom. The van der Waals surface area contributed by atoms with Crippen LogP contribution in [0.3, 0.4) is 0 Å². The first-order valence-corrected chi connectivity index (χ1v) is 7.31. The largest absolute Gasteiger partial charge is 0.495 e. The highest BCUT2D eigenvalue weighted by molar-refractivity contribution is 6.31. The third kappa shape index (κ3) is 2.97. The first kappa shape index (κ1) is 15.6. The van der Waals surface area contributed by atoms with E-state index >= 15 is 0 Å². The molecule has 21 heavy (non-hydrogen) atoms. The van der Waals surface area contributed by atoms with Crippen molar-refractivity contribution in [3.8, 4) is 5.75 Å². The topological polar surface area (TPSA) is 49.9 Å². The molecule has 0 spiro atoms. The predicted molar refractivity (Wildman–Crippen MR) is 81.8 cm³/mol. The number of rotatable bonds is 3. The van der Waals surface area contributed by atoms with Gasteiger partial charge in [0.25, 0.3) is 0 Å². The lowest BCUT2D eigenvalue weighted by Crippen LogP contribution is -2.57. The molecule has 0 bridgehead atoms. The predicted octanol–water partition coefficient (Wildman–Crippen LogP) is 2.32. The molecule has 2 rings (SSSR count). The lowest BCUT2D eigenvalue weighted by Gasteiger charge is -2.39. The first-order chi connectivity index (χ1) is 9.99. The zero-order valence-corrected chi connectivity index (χ0v) is 13.2. The molecule has 0 aromatic heterocycles. The summed E-state index contributed by atoms with van der Waals surface area (Å²) in [6.07, 6.45) is 0.401. The van der Waals surface area contributed by atoms with Gasteiger partial charge >= 0.3 is 0 Å². The zero-order valence-electron chi connectivity index (χ0n) is 12.4. The van der Waals surface area contributed by atoms with Crippen LogP contribution in [0, 0.1) is 0 Å². The molecule has 1 aromatic carbocycles. The zero-order chi connectivity index (χ0) is 15.6. The summed E-state index contributed by atoms with van der Waals surface area (Å²) < 4.78 is 5.30. The van der Waals surface area contributed by atoms with Crippen molar-refractivity contribution in [2.24, 2.45) is 0 Å². The van der Waals surface area contributed by atoms with Gasteiger partial charge in [-0.2, -0.15) is 0 Å². The number of ether oxygens (including phenoxy) is 1. The Bertz CT molecular complexity index is 562. The SMILES string of the molecule is CCC(=O)N1CCN(c2cc(Cl)ccc2OC)C(=O)C1C. The van der Waals surface area contributed by atoms with Crippen LogP contribution in [-0.4, -0.2) is 43.0 Å². The van der Waals surface area contributed by atoms with Crippen LogP contribution in [0.5, 0.6) is 5.75 Å². The average Bonchev–Trinajstić information content (AvgIpc) is 2.49. The number of piperazine rings is 1. The Morgan fingerprint density at radius 3 is 2.76 bits per heavy atom. The number of methoxy groups -OCH3 is 1. The smallest absolute Gasteiger partial charge is 0.249 e. The highest BCUT2D eigenvalue weighted by atomic mass is 35.5. The molecule has 0 N–H and O–H groups in total. The fourth-order valence-electron chi connectivity index (χ4n) is 2.53. The van der Waals surface area contributed by atoms with Gasteiger partial charge in [0, 0.05) is 24.5 Å². The summed E-state index contributed by atoms with van der Waals surface area (Å²) >= 11 is 6.02. The van der Waals surface area contributed by atoms with Gasteiger partial charge in [-0.15, -0.1) is 0 Å². The quantitative estimate of drug-likeness (QED) is 0.861. The van der Waals surface area contributed by atoms with E-state index in [1.54, 1.807) is 49.0 Å². The number of halogens is 1. The van der Waals surface area contributed by atoms with E-state index in [2.05, 4.69) is 0 Å². The second-order valence-corrected chi connectivity index (χ2v) is 5.36. The van der Waals surface area contributed by atoms with Gasteiger partial charge in [0.05, 0.1) is 12.8 Å². The Labute approximate surface area is 129 Å². The van der Waals surface area contributed by atoms with Crippen LogP contribution < -0.4 is 9.64 Å². The normalized spacial score (nSPS) is 18.9. The molecular formula is C15H19ClN2O3. The van der Waals surface area contributed by atoms with Crippen molar-refractivity contribution >= 4 is 29.1 Å². The Hall–Kier alpha value is -1.75. The van der Waals surface area contributed by atoms with Gasteiger partial charge in [0.2, 0.25) is 11.8 Å². The number of benzene rings is 1.